The molecule has 3 rings (SSSR count). The van der Waals surface area contributed by atoms with Gasteiger partial charge in [0.2, 0.25) is 6.79 Å². The highest BCUT2D eigenvalue weighted by Crippen LogP contribution is 2.40. The van der Waals surface area contributed by atoms with Crippen LogP contribution in [0.15, 0.2) is 18.2 Å². The van der Waals surface area contributed by atoms with E-state index in [4.69, 9.17) is 25.8 Å². The SMILES string of the molecule is C[C@@H]1CCCN(C(=O)COC(=O)/C=C/c2cc(Cl)c3c(c2)OCO3)C1. The Hall–Kier alpha value is -2.21. The number of nitrogens with zero attached hydrogens (tertiary/aromatic N) is 1. The van der Waals surface area contributed by atoms with E-state index >= 15 is 0 Å². The molecular weight excluding hydrogens is 346 g/mol. The number of amides is 1. The Morgan fingerprint density at radius 3 is 3.04 bits per heavy atom. The lowest BCUT2D eigenvalue weighted by Crippen LogP contribution is -2.41. The third-order valence-electron chi connectivity index (χ3n) is 4.21. The van der Waals surface area contributed by atoms with Crippen LogP contribution in [0.1, 0.15) is 25.3 Å². The maximum Gasteiger partial charge on any atom is 0.331 e. The fourth-order valence-electron chi connectivity index (χ4n) is 2.94. The molecule has 1 aromatic rings. The van der Waals surface area contributed by atoms with Crippen LogP contribution < -0.4 is 9.47 Å². The van der Waals surface area contributed by atoms with Gasteiger partial charge in [0, 0.05) is 19.2 Å². The van der Waals surface area contributed by atoms with Gasteiger partial charge in [0.25, 0.3) is 5.91 Å². The van der Waals surface area contributed by atoms with Crippen molar-refractivity contribution in [3.8, 4) is 11.5 Å². The Balaban J connectivity index is 1.51. The molecule has 1 atom stereocenters. The van der Waals surface area contributed by atoms with Gasteiger partial charge >= 0.3 is 5.97 Å². The smallest absolute Gasteiger partial charge is 0.331 e. The molecule has 7 heteroatoms. The zero-order valence-electron chi connectivity index (χ0n) is 14.0. The lowest BCUT2D eigenvalue weighted by molar-refractivity contribution is -0.149. The Morgan fingerprint density at radius 2 is 2.24 bits per heavy atom. The number of halogens is 1. The zero-order valence-corrected chi connectivity index (χ0v) is 14.8. The molecule has 0 spiro atoms. The van der Waals surface area contributed by atoms with Crippen molar-refractivity contribution in [3.63, 3.8) is 0 Å². The highest BCUT2D eigenvalue weighted by atomic mass is 35.5. The minimum atomic E-state index is -0.577. The molecule has 1 fully saturated rings. The number of hydrogen-bond acceptors (Lipinski definition) is 5. The molecule has 2 aliphatic heterocycles. The summed E-state index contributed by atoms with van der Waals surface area (Å²) >= 11 is 6.09. The number of carbonyl (C=O) groups excluding carboxylic acids is 2. The first-order valence-corrected chi connectivity index (χ1v) is 8.62. The average molecular weight is 366 g/mol. The Bertz CT molecular complexity index is 703. The topological polar surface area (TPSA) is 65.1 Å². The first-order valence-electron chi connectivity index (χ1n) is 8.24. The van der Waals surface area contributed by atoms with E-state index in [1.807, 2.05) is 0 Å². The fourth-order valence-corrected chi connectivity index (χ4v) is 3.21. The summed E-state index contributed by atoms with van der Waals surface area (Å²) in [7, 11) is 0. The number of piperidine rings is 1. The van der Waals surface area contributed by atoms with Crippen LogP contribution in [-0.4, -0.2) is 43.3 Å². The van der Waals surface area contributed by atoms with Gasteiger partial charge in [0.15, 0.2) is 18.1 Å². The summed E-state index contributed by atoms with van der Waals surface area (Å²) < 4.78 is 15.5. The summed E-state index contributed by atoms with van der Waals surface area (Å²) in [5.74, 6) is 0.799. The van der Waals surface area contributed by atoms with Gasteiger partial charge in [-0.2, -0.15) is 0 Å². The van der Waals surface area contributed by atoms with E-state index in [0.29, 0.717) is 28.0 Å². The second-order valence-electron chi connectivity index (χ2n) is 6.26. The second kappa shape index (κ2) is 7.78. The third kappa shape index (κ3) is 4.45. The van der Waals surface area contributed by atoms with Crippen LogP contribution in [0.3, 0.4) is 0 Å². The molecule has 0 N–H and O–H groups in total. The first-order chi connectivity index (χ1) is 12.0. The van der Waals surface area contributed by atoms with Gasteiger partial charge in [-0.25, -0.2) is 4.79 Å². The van der Waals surface area contributed by atoms with Gasteiger partial charge in [0.05, 0.1) is 5.02 Å². The largest absolute Gasteiger partial charge is 0.454 e. The quantitative estimate of drug-likeness (QED) is 0.606. The third-order valence-corrected chi connectivity index (χ3v) is 4.49. The monoisotopic (exact) mass is 365 g/mol. The van der Waals surface area contributed by atoms with Crippen LogP contribution in [0.2, 0.25) is 5.02 Å². The fraction of sp³-hybridized carbons (Fsp3) is 0.444. The molecule has 1 saturated heterocycles. The maximum atomic E-state index is 12.1. The molecule has 1 amide bonds. The van der Waals surface area contributed by atoms with Gasteiger partial charge in [0.1, 0.15) is 0 Å². The van der Waals surface area contributed by atoms with E-state index in [-0.39, 0.29) is 19.3 Å². The molecule has 0 saturated carbocycles. The van der Waals surface area contributed by atoms with Crippen LogP contribution in [0.4, 0.5) is 0 Å². The van der Waals surface area contributed by atoms with E-state index < -0.39 is 5.97 Å². The number of ether oxygens (including phenoxy) is 3. The molecule has 0 radical (unpaired) electrons. The number of likely N-dealkylation sites (tertiary alicyclic amines) is 1. The summed E-state index contributed by atoms with van der Waals surface area (Å²) in [6, 6.07) is 3.39. The van der Waals surface area contributed by atoms with E-state index in [1.54, 1.807) is 23.1 Å². The molecule has 2 heterocycles. The van der Waals surface area contributed by atoms with Crippen LogP contribution in [-0.2, 0) is 14.3 Å². The Kier molecular flexibility index (Phi) is 5.48. The van der Waals surface area contributed by atoms with Crippen molar-refractivity contribution in [2.75, 3.05) is 26.5 Å². The summed E-state index contributed by atoms with van der Waals surface area (Å²) in [4.78, 5) is 25.6. The molecule has 25 heavy (non-hydrogen) atoms. The number of rotatable bonds is 4. The van der Waals surface area contributed by atoms with Gasteiger partial charge in [-0.3, -0.25) is 4.79 Å². The van der Waals surface area contributed by atoms with E-state index in [1.165, 1.54) is 6.08 Å². The van der Waals surface area contributed by atoms with Crippen molar-refractivity contribution in [3.05, 3.63) is 28.8 Å². The lowest BCUT2D eigenvalue weighted by atomic mass is 10.0. The number of fused-ring (bicyclic) bond motifs is 1. The molecule has 6 nitrogen and oxygen atoms in total. The van der Waals surface area contributed by atoms with E-state index in [2.05, 4.69) is 6.92 Å². The Labute approximate surface area is 151 Å². The molecule has 1 aromatic carbocycles. The van der Waals surface area contributed by atoms with Gasteiger partial charge in [-0.05, 0) is 42.5 Å². The summed E-state index contributed by atoms with van der Waals surface area (Å²) in [6.07, 6.45) is 4.94. The van der Waals surface area contributed by atoms with Gasteiger partial charge in [-0.1, -0.05) is 18.5 Å². The average Bonchev–Trinajstić information content (AvgIpc) is 3.07. The predicted octanol–water partition coefficient (Wildman–Crippen LogP) is 2.88. The minimum absolute atomic E-state index is 0.126. The van der Waals surface area contributed by atoms with E-state index in [9.17, 15) is 9.59 Å². The molecule has 134 valence electrons. The van der Waals surface area contributed by atoms with Crippen LogP contribution >= 0.6 is 11.6 Å². The Morgan fingerprint density at radius 1 is 1.40 bits per heavy atom. The van der Waals surface area contributed by atoms with Crippen molar-refractivity contribution in [1.82, 2.24) is 4.90 Å². The second-order valence-corrected chi connectivity index (χ2v) is 6.67. The molecule has 0 aliphatic carbocycles. The highest BCUT2D eigenvalue weighted by Gasteiger charge is 2.21. The predicted molar refractivity (Wildman–Crippen MR) is 92.5 cm³/mol. The maximum absolute atomic E-state index is 12.1. The molecule has 0 unspecified atom stereocenters. The number of benzene rings is 1. The van der Waals surface area contributed by atoms with Crippen molar-refractivity contribution in [2.24, 2.45) is 5.92 Å². The number of carbonyl (C=O) groups is 2. The molecule has 0 aromatic heterocycles. The lowest BCUT2D eigenvalue weighted by Gasteiger charge is -2.30. The molecular formula is C18H20ClNO5. The van der Waals surface area contributed by atoms with Crippen LogP contribution in [0.25, 0.3) is 6.08 Å². The summed E-state index contributed by atoms with van der Waals surface area (Å²) in [5.41, 5.74) is 0.683. The van der Waals surface area contributed by atoms with Gasteiger partial charge in [-0.15, -0.1) is 0 Å². The van der Waals surface area contributed by atoms with Gasteiger partial charge < -0.3 is 19.1 Å². The minimum Gasteiger partial charge on any atom is -0.454 e. The van der Waals surface area contributed by atoms with Crippen molar-refractivity contribution < 1.29 is 23.8 Å². The van der Waals surface area contributed by atoms with Crippen molar-refractivity contribution >= 4 is 29.6 Å². The molecule has 2 aliphatic rings. The highest BCUT2D eigenvalue weighted by molar-refractivity contribution is 6.32. The van der Waals surface area contributed by atoms with Crippen LogP contribution in [0.5, 0.6) is 11.5 Å². The summed E-state index contributed by atoms with van der Waals surface area (Å²) in [5, 5.41) is 0.414. The van der Waals surface area contributed by atoms with Crippen molar-refractivity contribution in [1.29, 1.82) is 0 Å². The normalized spacial score (nSPS) is 19.3. The van der Waals surface area contributed by atoms with Crippen LogP contribution in [0, 0.1) is 5.92 Å². The standard InChI is InChI=1S/C18H20ClNO5/c1-12-3-2-6-20(9-12)16(21)10-23-17(22)5-4-13-7-14(19)18-15(8-13)24-11-25-18/h4-5,7-8,12H,2-3,6,9-11H2,1H3/b5-4+/t12-/m1/s1. The molecule has 0 bridgehead atoms. The first kappa shape index (κ1) is 17.6. The number of esters is 1. The number of hydrogen-bond donors (Lipinski definition) is 0. The zero-order chi connectivity index (χ0) is 17.8. The van der Waals surface area contributed by atoms with E-state index in [0.717, 1.165) is 25.9 Å². The summed E-state index contributed by atoms with van der Waals surface area (Å²) in [6.45, 7) is 3.46. The van der Waals surface area contributed by atoms with Crippen molar-refractivity contribution in [2.45, 2.75) is 19.8 Å².